The van der Waals surface area contributed by atoms with Crippen molar-refractivity contribution in [3.8, 4) is 17.0 Å². The van der Waals surface area contributed by atoms with E-state index in [2.05, 4.69) is 22.2 Å². The van der Waals surface area contributed by atoms with Crippen molar-refractivity contribution in [2.75, 3.05) is 19.0 Å². The molecule has 0 saturated carbocycles. The average Bonchev–Trinajstić information content (AvgIpc) is 3.24. The zero-order valence-corrected chi connectivity index (χ0v) is 22.1. The summed E-state index contributed by atoms with van der Waals surface area (Å²) in [5.74, 6) is -0.0133. The number of hydrogen-bond donors (Lipinski definition) is 1. The Bertz CT molecular complexity index is 1310. The number of aromatic nitrogens is 2. The Hall–Kier alpha value is -4.27. The summed E-state index contributed by atoms with van der Waals surface area (Å²) in [6.07, 6.45) is 5.05. The number of benzene rings is 2. The van der Waals surface area contributed by atoms with Crippen LogP contribution in [-0.4, -0.2) is 52.4 Å². The predicted octanol–water partition coefficient (Wildman–Crippen LogP) is 4.73. The zero-order chi connectivity index (χ0) is 27.2. The van der Waals surface area contributed by atoms with E-state index < -0.39 is 12.0 Å². The number of nitrogens with one attached hydrogen (secondary N) is 1. The lowest BCUT2D eigenvalue weighted by atomic mass is 10.0. The molecule has 0 fully saturated rings. The maximum atomic E-state index is 13.2. The van der Waals surface area contributed by atoms with Crippen molar-refractivity contribution in [1.29, 1.82) is 0 Å². The number of carbonyl (C=O) groups is 3. The topological polar surface area (TPSA) is 111 Å². The van der Waals surface area contributed by atoms with E-state index in [4.69, 9.17) is 9.47 Å². The van der Waals surface area contributed by atoms with Crippen LogP contribution in [0.3, 0.4) is 0 Å². The van der Waals surface area contributed by atoms with Gasteiger partial charge in [-0.1, -0.05) is 39.3 Å². The molecular weight excluding hydrogens is 484 g/mol. The van der Waals surface area contributed by atoms with Gasteiger partial charge in [-0.2, -0.15) is 0 Å². The largest absolute Gasteiger partial charge is 0.494 e. The molecule has 0 radical (unpaired) electrons. The standard InChI is InChI=1S/C29H32N4O5/c1-5-6-13-38-22-11-9-19(10-12-22)27(34)32-25-16-30-24(15-31-25)20-7-8-21-17-33(28(35)23(21)14-20)26(18(2)3)29(36)37-4/h7-12,14-16,18,26H,5-6,13,17H2,1-4H3,(H,31,32,34)/t26-/m0/s1. The van der Waals surface area contributed by atoms with Gasteiger partial charge in [-0.3, -0.25) is 14.6 Å². The summed E-state index contributed by atoms with van der Waals surface area (Å²) in [6, 6.07) is 11.8. The van der Waals surface area contributed by atoms with Crippen molar-refractivity contribution in [1.82, 2.24) is 14.9 Å². The van der Waals surface area contributed by atoms with E-state index in [0.29, 0.717) is 41.4 Å². The van der Waals surface area contributed by atoms with Gasteiger partial charge in [0.2, 0.25) is 0 Å². The number of methoxy groups -OCH3 is 1. The molecule has 2 aromatic carbocycles. The fourth-order valence-electron chi connectivity index (χ4n) is 4.35. The summed E-state index contributed by atoms with van der Waals surface area (Å²) in [5.41, 5.74) is 3.11. The number of anilines is 1. The van der Waals surface area contributed by atoms with Crippen molar-refractivity contribution in [2.24, 2.45) is 5.92 Å². The van der Waals surface area contributed by atoms with Crippen LogP contribution in [0.5, 0.6) is 5.75 Å². The molecule has 1 atom stereocenters. The lowest BCUT2D eigenvalue weighted by Crippen LogP contribution is -2.45. The molecule has 3 aromatic rings. The predicted molar refractivity (Wildman–Crippen MR) is 143 cm³/mol. The van der Waals surface area contributed by atoms with Crippen molar-refractivity contribution in [2.45, 2.75) is 46.2 Å². The number of esters is 1. The maximum absolute atomic E-state index is 13.2. The van der Waals surface area contributed by atoms with Gasteiger partial charge < -0.3 is 19.7 Å². The minimum absolute atomic E-state index is 0.0918. The monoisotopic (exact) mass is 516 g/mol. The van der Waals surface area contributed by atoms with Gasteiger partial charge in [-0.25, -0.2) is 9.78 Å². The highest BCUT2D eigenvalue weighted by atomic mass is 16.5. The Labute approximate surface area is 222 Å². The van der Waals surface area contributed by atoms with Crippen molar-refractivity contribution in [3.63, 3.8) is 0 Å². The molecule has 38 heavy (non-hydrogen) atoms. The lowest BCUT2D eigenvalue weighted by molar-refractivity contribution is -0.147. The number of unbranched alkanes of at least 4 members (excludes halogenated alkanes) is 1. The molecule has 198 valence electrons. The second kappa shape index (κ2) is 11.9. The number of rotatable bonds is 10. The van der Waals surface area contributed by atoms with Crippen LogP contribution in [0.15, 0.2) is 54.9 Å². The van der Waals surface area contributed by atoms with Crippen LogP contribution in [0.25, 0.3) is 11.3 Å². The van der Waals surface area contributed by atoms with Crippen molar-refractivity contribution >= 4 is 23.6 Å². The van der Waals surface area contributed by atoms with Gasteiger partial charge >= 0.3 is 5.97 Å². The van der Waals surface area contributed by atoms with Gasteiger partial charge in [0.1, 0.15) is 11.8 Å². The minimum atomic E-state index is -0.657. The number of amides is 2. The Morgan fingerprint density at radius 1 is 1.08 bits per heavy atom. The maximum Gasteiger partial charge on any atom is 0.328 e. The third kappa shape index (κ3) is 5.82. The number of nitrogens with zero attached hydrogens (tertiary/aromatic N) is 3. The van der Waals surface area contributed by atoms with E-state index in [9.17, 15) is 14.4 Å². The Morgan fingerprint density at radius 3 is 2.47 bits per heavy atom. The van der Waals surface area contributed by atoms with Crippen molar-refractivity contribution < 1.29 is 23.9 Å². The number of ether oxygens (including phenoxy) is 2. The third-order valence-corrected chi connectivity index (χ3v) is 6.42. The van der Waals surface area contributed by atoms with Crippen molar-refractivity contribution in [3.05, 3.63) is 71.5 Å². The Kier molecular flexibility index (Phi) is 8.35. The van der Waals surface area contributed by atoms with Crippen LogP contribution >= 0.6 is 0 Å². The lowest BCUT2D eigenvalue weighted by Gasteiger charge is -2.28. The number of carbonyl (C=O) groups excluding carboxylic acids is 3. The highest BCUT2D eigenvalue weighted by molar-refractivity contribution is 6.04. The summed E-state index contributed by atoms with van der Waals surface area (Å²) in [6.45, 7) is 6.86. The first-order chi connectivity index (χ1) is 18.3. The Balaban J connectivity index is 1.43. The smallest absolute Gasteiger partial charge is 0.328 e. The first-order valence-electron chi connectivity index (χ1n) is 12.7. The zero-order valence-electron chi connectivity index (χ0n) is 22.1. The highest BCUT2D eigenvalue weighted by Crippen LogP contribution is 2.31. The summed E-state index contributed by atoms with van der Waals surface area (Å²) >= 11 is 0. The molecule has 1 aliphatic heterocycles. The molecule has 0 aliphatic carbocycles. The SMILES string of the molecule is CCCCOc1ccc(C(=O)Nc2cnc(-c3ccc4c(c3)C(=O)N([C@H](C(=O)OC)C(C)C)C4)cn2)cc1. The van der Waals surface area contributed by atoms with Gasteiger partial charge in [0.05, 0.1) is 31.8 Å². The molecule has 1 aromatic heterocycles. The fourth-order valence-corrected chi connectivity index (χ4v) is 4.35. The van der Waals surface area contributed by atoms with E-state index >= 15 is 0 Å². The van der Waals surface area contributed by atoms with Crippen LogP contribution in [0, 0.1) is 5.92 Å². The van der Waals surface area contributed by atoms with Gasteiger partial charge in [0, 0.05) is 23.2 Å². The first-order valence-corrected chi connectivity index (χ1v) is 12.7. The third-order valence-electron chi connectivity index (χ3n) is 6.42. The number of fused-ring (bicyclic) bond motifs is 1. The molecule has 2 heterocycles. The van der Waals surface area contributed by atoms with E-state index in [1.54, 1.807) is 41.4 Å². The molecule has 0 spiro atoms. The van der Waals surface area contributed by atoms with Crippen LogP contribution < -0.4 is 10.1 Å². The molecule has 4 rings (SSSR count). The molecule has 9 nitrogen and oxygen atoms in total. The highest BCUT2D eigenvalue weighted by Gasteiger charge is 2.38. The molecule has 0 unspecified atom stereocenters. The molecular formula is C29H32N4O5. The van der Waals surface area contributed by atoms with E-state index in [0.717, 1.165) is 24.2 Å². The van der Waals surface area contributed by atoms with Crippen LogP contribution in [0.4, 0.5) is 5.82 Å². The molecule has 9 heteroatoms. The van der Waals surface area contributed by atoms with Gasteiger partial charge in [-0.15, -0.1) is 0 Å². The van der Waals surface area contributed by atoms with Gasteiger partial charge in [0.15, 0.2) is 5.82 Å². The van der Waals surface area contributed by atoms with E-state index in [-0.39, 0.29) is 17.7 Å². The average molecular weight is 517 g/mol. The second-order valence-electron chi connectivity index (χ2n) is 9.48. The van der Waals surface area contributed by atoms with Gasteiger partial charge in [-0.05, 0) is 48.2 Å². The van der Waals surface area contributed by atoms with Crippen LogP contribution in [-0.2, 0) is 16.1 Å². The summed E-state index contributed by atoms with van der Waals surface area (Å²) < 4.78 is 10.6. The van der Waals surface area contributed by atoms with Crippen LogP contribution in [0.2, 0.25) is 0 Å². The normalized spacial score (nSPS) is 13.3. The number of hydrogen-bond acceptors (Lipinski definition) is 7. The second-order valence-corrected chi connectivity index (χ2v) is 9.48. The van der Waals surface area contributed by atoms with E-state index in [1.807, 2.05) is 26.0 Å². The first kappa shape index (κ1) is 26.8. The minimum Gasteiger partial charge on any atom is -0.494 e. The summed E-state index contributed by atoms with van der Waals surface area (Å²) in [5, 5.41) is 2.74. The van der Waals surface area contributed by atoms with Gasteiger partial charge in [0.25, 0.3) is 11.8 Å². The van der Waals surface area contributed by atoms with E-state index in [1.165, 1.54) is 13.3 Å². The fraction of sp³-hybridized carbons (Fsp3) is 0.345. The Morgan fingerprint density at radius 2 is 1.84 bits per heavy atom. The molecule has 0 bridgehead atoms. The summed E-state index contributed by atoms with van der Waals surface area (Å²) in [4.78, 5) is 48.4. The quantitative estimate of drug-likeness (QED) is 0.306. The summed E-state index contributed by atoms with van der Waals surface area (Å²) in [7, 11) is 1.33. The molecule has 1 aliphatic rings. The molecule has 0 saturated heterocycles. The van der Waals surface area contributed by atoms with Crippen LogP contribution in [0.1, 0.15) is 59.9 Å². The molecule has 1 N–H and O–H groups in total. The molecule has 2 amide bonds.